The summed E-state index contributed by atoms with van der Waals surface area (Å²) >= 11 is 0. The number of hydrogen-bond acceptors (Lipinski definition) is 3. The molecular weight excluding hydrogens is 214 g/mol. The summed E-state index contributed by atoms with van der Waals surface area (Å²) in [5.74, 6) is 1.60. The van der Waals surface area contributed by atoms with Crippen LogP contribution in [-0.4, -0.2) is 21.3 Å². The van der Waals surface area contributed by atoms with Gasteiger partial charge in [0, 0.05) is 5.54 Å². The fraction of sp³-hybridized carbons (Fsp3) is 0.571. The fourth-order valence-electron chi connectivity index (χ4n) is 2.80. The second-order valence-corrected chi connectivity index (χ2v) is 4.61. The van der Waals surface area contributed by atoms with Crippen LogP contribution in [0.15, 0.2) is 18.2 Å². The minimum atomic E-state index is 0.125. The van der Waals surface area contributed by atoms with Gasteiger partial charge >= 0.3 is 0 Å². The van der Waals surface area contributed by atoms with Gasteiger partial charge in [-0.1, -0.05) is 18.9 Å². The Kier molecular flexibility index (Phi) is 3.57. The lowest BCUT2D eigenvalue weighted by Crippen LogP contribution is -2.36. The van der Waals surface area contributed by atoms with E-state index >= 15 is 0 Å². The highest BCUT2D eigenvalue weighted by molar-refractivity contribution is 5.45. The van der Waals surface area contributed by atoms with E-state index in [4.69, 9.17) is 9.47 Å². The van der Waals surface area contributed by atoms with Gasteiger partial charge in [0.05, 0.1) is 14.2 Å². The van der Waals surface area contributed by atoms with E-state index < -0.39 is 0 Å². The van der Waals surface area contributed by atoms with Crippen molar-refractivity contribution in [3.63, 3.8) is 0 Å². The van der Waals surface area contributed by atoms with Crippen molar-refractivity contribution in [2.75, 3.05) is 21.3 Å². The smallest absolute Gasteiger partial charge is 0.161 e. The maximum atomic E-state index is 5.37. The van der Waals surface area contributed by atoms with E-state index in [9.17, 15) is 0 Å². The minimum absolute atomic E-state index is 0.125. The van der Waals surface area contributed by atoms with Crippen molar-refractivity contribution in [3.8, 4) is 11.5 Å². The van der Waals surface area contributed by atoms with Crippen LogP contribution >= 0.6 is 0 Å². The van der Waals surface area contributed by atoms with E-state index in [0.29, 0.717) is 0 Å². The molecule has 0 bridgehead atoms. The fourth-order valence-corrected chi connectivity index (χ4v) is 2.80. The minimum Gasteiger partial charge on any atom is -0.493 e. The molecule has 3 nitrogen and oxygen atoms in total. The number of methoxy groups -OCH3 is 2. The van der Waals surface area contributed by atoms with Crippen LogP contribution in [0, 0.1) is 0 Å². The third-order valence-corrected chi connectivity index (χ3v) is 3.87. The molecule has 3 heteroatoms. The van der Waals surface area contributed by atoms with Gasteiger partial charge in [-0.3, -0.25) is 0 Å². The predicted molar refractivity (Wildman–Crippen MR) is 68.8 cm³/mol. The molecule has 1 N–H and O–H groups in total. The van der Waals surface area contributed by atoms with E-state index in [-0.39, 0.29) is 5.54 Å². The predicted octanol–water partition coefficient (Wildman–Crippen LogP) is 2.69. The Balaban J connectivity index is 2.38. The first-order valence-corrected chi connectivity index (χ1v) is 6.17. The second-order valence-electron chi connectivity index (χ2n) is 4.61. The lowest BCUT2D eigenvalue weighted by Gasteiger charge is -2.29. The average Bonchev–Trinajstić information content (AvgIpc) is 2.88. The molecule has 17 heavy (non-hydrogen) atoms. The zero-order valence-corrected chi connectivity index (χ0v) is 10.9. The van der Waals surface area contributed by atoms with E-state index in [1.165, 1.54) is 31.2 Å². The summed E-state index contributed by atoms with van der Waals surface area (Å²) in [7, 11) is 5.39. The SMILES string of the molecule is CNC1(c2ccc(OC)c(OC)c2)CCCC1. The normalized spacial score (nSPS) is 18.1. The third kappa shape index (κ3) is 2.12. The molecule has 0 aromatic heterocycles. The van der Waals surface area contributed by atoms with Crippen molar-refractivity contribution in [2.45, 2.75) is 31.2 Å². The quantitative estimate of drug-likeness (QED) is 0.870. The van der Waals surface area contributed by atoms with Crippen LogP contribution in [0.3, 0.4) is 0 Å². The van der Waals surface area contributed by atoms with Crippen molar-refractivity contribution >= 4 is 0 Å². The molecule has 1 aromatic carbocycles. The topological polar surface area (TPSA) is 30.5 Å². The van der Waals surface area contributed by atoms with Crippen LogP contribution in [0.25, 0.3) is 0 Å². The molecule has 94 valence electrons. The summed E-state index contributed by atoms with van der Waals surface area (Å²) in [6, 6.07) is 6.23. The summed E-state index contributed by atoms with van der Waals surface area (Å²) < 4.78 is 10.6. The van der Waals surface area contributed by atoms with E-state index in [2.05, 4.69) is 17.4 Å². The molecule has 0 heterocycles. The van der Waals surface area contributed by atoms with Gasteiger partial charge < -0.3 is 14.8 Å². The van der Waals surface area contributed by atoms with Crippen molar-refractivity contribution < 1.29 is 9.47 Å². The van der Waals surface area contributed by atoms with E-state index in [0.717, 1.165) is 11.5 Å². The molecule has 0 aliphatic heterocycles. The van der Waals surface area contributed by atoms with Crippen LogP contribution in [0.2, 0.25) is 0 Å². The summed E-state index contributed by atoms with van der Waals surface area (Å²) in [6.07, 6.45) is 4.96. The highest BCUT2D eigenvalue weighted by Gasteiger charge is 2.34. The number of benzene rings is 1. The van der Waals surface area contributed by atoms with Gasteiger partial charge in [0.15, 0.2) is 11.5 Å². The van der Waals surface area contributed by atoms with Gasteiger partial charge in [0.2, 0.25) is 0 Å². The molecule has 0 amide bonds. The molecule has 1 fully saturated rings. The second kappa shape index (κ2) is 4.96. The van der Waals surface area contributed by atoms with Crippen LogP contribution in [0.5, 0.6) is 11.5 Å². The molecule has 2 rings (SSSR count). The maximum Gasteiger partial charge on any atom is 0.161 e. The number of hydrogen-bond donors (Lipinski definition) is 1. The van der Waals surface area contributed by atoms with Crippen LogP contribution in [-0.2, 0) is 5.54 Å². The molecule has 0 unspecified atom stereocenters. The first kappa shape index (κ1) is 12.2. The first-order valence-electron chi connectivity index (χ1n) is 6.17. The molecule has 1 saturated carbocycles. The largest absolute Gasteiger partial charge is 0.493 e. The Morgan fingerprint density at radius 2 is 1.71 bits per heavy atom. The standard InChI is InChI=1S/C14H21NO2/c1-15-14(8-4-5-9-14)11-6-7-12(16-2)13(10-11)17-3/h6-7,10,15H,4-5,8-9H2,1-3H3. The zero-order chi connectivity index (χ0) is 12.3. The van der Waals surface area contributed by atoms with Gasteiger partial charge in [-0.05, 0) is 37.6 Å². The Morgan fingerprint density at radius 1 is 1.06 bits per heavy atom. The average molecular weight is 235 g/mol. The number of ether oxygens (including phenoxy) is 2. The van der Waals surface area contributed by atoms with Crippen LogP contribution in [0.1, 0.15) is 31.2 Å². The van der Waals surface area contributed by atoms with Gasteiger partial charge in [0.25, 0.3) is 0 Å². The molecule has 0 saturated heterocycles. The molecule has 1 aliphatic carbocycles. The summed E-state index contributed by atoms with van der Waals surface area (Å²) in [5.41, 5.74) is 1.43. The molecule has 1 aromatic rings. The van der Waals surface area contributed by atoms with Gasteiger partial charge in [-0.15, -0.1) is 0 Å². The monoisotopic (exact) mass is 235 g/mol. The molecule has 1 aliphatic rings. The summed E-state index contributed by atoms with van der Waals surface area (Å²) in [4.78, 5) is 0. The Bertz CT molecular complexity index is 384. The van der Waals surface area contributed by atoms with Crippen molar-refractivity contribution in [1.29, 1.82) is 0 Å². The Hall–Kier alpha value is -1.22. The van der Waals surface area contributed by atoms with Crippen molar-refractivity contribution in [2.24, 2.45) is 0 Å². The molecule has 0 radical (unpaired) electrons. The first-order chi connectivity index (χ1) is 8.25. The lowest BCUT2D eigenvalue weighted by molar-refractivity contribution is 0.345. The van der Waals surface area contributed by atoms with E-state index in [1.54, 1.807) is 14.2 Å². The van der Waals surface area contributed by atoms with Gasteiger partial charge in [0.1, 0.15) is 0 Å². The Morgan fingerprint density at radius 3 is 2.24 bits per heavy atom. The highest BCUT2D eigenvalue weighted by atomic mass is 16.5. The summed E-state index contributed by atoms with van der Waals surface area (Å²) in [5, 5.41) is 3.49. The summed E-state index contributed by atoms with van der Waals surface area (Å²) in [6.45, 7) is 0. The van der Waals surface area contributed by atoms with Gasteiger partial charge in [-0.2, -0.15) is 0 Å². The number of nitrogens with one attached hydrogen (secondary N) is 1. The van der Waals surface area contributed by atoms with Crippen molar-refractivity contribution in [3.05, 3.63) is 23.8 Å². The van der Waals surface area contributed by atoms with E-state index in [1.807, 2.05) is 13.1 Å². The highest BCUT2D eigenvalue weighted by Crippen LogP contribution is 2.41. The zero-order valence-electron chi connectivity index (χ0n) is 10.9. The van der Waals surface area contributed by atoms with Gasteiger partial charge in [-0.25, -0.2) is 0 Å². The lowest BCUT2D eigenvalue weighted by atomic mass is 9.88. The molecule has 0 spiro atoms. The Labute approximate surface area is 103 Å². The number of rotatable bonds is 4. The third-order valence-electron chi connectivity index (χ3n) is 3.87. The molecular formula is C14H21NO2. The maximum absolute atomic E-state index is 5.37. The van der Waals surface area contributed by atoms with Crippen molar-refractivity contribution in [1.82, 2.24) is 5.32 Å². The molecule has 0 atom stereocenters. The van der Waals surface area contributed by atoms with Crippen LogP contribution in [0.4, 0.5) is 0 Å². The van der Waals surface area contributed by atoms with Crippen LogP contribution < -0.4 is 14.8 Å².